The number of carbonyl (C=O) groups is 1. The van der Waals surface area contributed by atoms with Crippen LogP contribution in [0.2, 0.25) is 0 Å². The fraction of sp³-hybridized carbons (Fsp3) is 0.276. The summed E-state index contributed by atoms with van der Waals surface area (Å²) >= 11 is 6.32. The number of nitro groups is 1. The Morgan fingerprint density at radius 2 is 1.80 bits per heavy atom. The molecule has 1 atom stereocenters. The largest absolute Gasteiger partial charge is 0.493 e. The van der Waals surface area contributed by atoms with Crippen LogP contribution >= 0.6 is 11.6 Å². The molecule has 5 rings (SSSR count). The molecule has 1 amide bonds. The molecule has 208 valence electrons. The van der Waals surface area contributed by atoms with Crippen LogP contribution in [0.1, 0.15) is 27.5 Å². The minimum absolute atomic E-state index is 0.00579. The number of anilines is 2. The Kier molecular flexibility index (Phi) is 7.44. The van der Waals surface area contributed by atoms with Crippen molar-refractivity contribution in [2.45, 2.75) is 12.5 Å². The summed E-state index contributed by atoms with van der Waals surface area (Å²) in [4.78, 5) is 31.5. The third kappa shape index (κ3) is 4.75. The molecule has 1 aromatic heterocycles. The van der Waals surface area contributed by atoms with Crippen LogP contribution in [0.25, 0.3) is 10.9 Å². The number of benzene rings is 3. The predicted molar refractivity (Wildman–Crippen MR) is 155 cm³/mol. The van der Waals surface area contributed by atoms with Crippen molar-refractivity contribution in [3.63, 3.8) is 0 Å². The van der Waals surface area contributed by atoms with Gasteiger partial charge in [-0.15, -0.1) is 11.6 Å². The van der Waals surface area contributed by atoms with Gasteiger partial charge in [-0.2, -0.15) is 0 Å². The van der Waals surface area contributed by atoms with Gasteiger partial charge in [0.1, 0.15) is 5.69 Å². The van der Waals surface area contributed by atoms with Crippen LogP contribution in [0.5, 0.6) is 17.2 Å². The van der Waals surface area contributed by atoms with E-state index in [2.05, 4.69) is 4.98 Å². The number of halogens is 1. The van der Waals surface area contributed by atoms with E-state index in [1.54, 1.807) is 36.3 Å². The lowest BCUT2D eigenvalue weighted by atomic mass is 10.0. The number of nitro benzene ring substituents is 1. The molecule has 4 aromatic rings. The highest BCUT2D eigenvalue weighted by molar-refractivity contribution is 6.19. The monoisotopic (exact) mass is 564 g/mol. The summed E-state index contributed by atoms with van der Waals surface area (Å²) in [6, 6.07) is 16.1. The first-order valence-corrected chi connectivity index (χ1v) is 13.1. The van der Waals surface area contributed by atoms with Crippen molar-refractivity contribution in [3.05, 3.63) is 81.5 Å². The van der Waals surface area contributed by atoms with Gasteiger partial charge in [-0.3, -0.25) is 14.9 Å². The summed E-state index contributed by atoms with van der Waals surface area (Å²) in [5, 5.41) is 11.7. The Balaban J connectivity index is 1.47. The van der Waals surface area contributed by atoms with Crippen molar-refractivity contribution >= 4 is 45.5 Å². The van der Waals surface area contributed by atoms with E-state index in [0.717, 1.165) is 27.9 Å². The fourth-order valence-electron chi connectivity index (χ4n) is 5.18. The molecule has 10 nitrogen and oxygen atoms in total. The SMILES string of the molecule is COc1cc2cc(C(=O)N3CC(CCl)c4ccc(N(C)Cc5ccc([N+](=O)[O-])cc5)cc43)[nH]c2c(OC)c1OC. The Bertz CT molecular complexity index is 1590. The average molecular weight is 565 g/mol. The number of ether oxygens (including phenoxy) is 3. The number of aromatic nitrogens is 1. The molecule has 11 heteroatoms. The van der Waals surface area contributed by atoms with E-state index >= 15 is 0 Å². The smallest absolute Gasteiger partial charge is 0.274 e. The first-order valence-electron chi connectivity index (χ1n) is 12.6. The van der Waals surface area contributed by atoms with Crippen LogP contribution in [-0.2, 0) is 6.54 Å². The highest BCUT2D eigenvalue weighted by Crippen LogP contribution is 2.44. The first-order chi connectivity index (χ1) is 19.3. The Morgan fingerprint density at radius 1 is 1.07 bits per heavy atom. The highest BCUT2D eigenvalue weighted by Gasteiger charge is 2.34. The van der Waals surface area contributed by atoms with Crippen molar-refractivity contribution in [2.24, 2.45) is 0 Å². The fourth-order valence-corrected chi connectivity index (χ4v) is 5.45. The minimum Gasteiger partial charge on any atom is -0.493 e. The Labute approximate surface area is 236 Å². The zero-order valence-corrected chi connectivity index (χ0v) is 23.3. The number of non-ortho nitro benzene ring substituents is 1. The summed E-state index contributed by atoms with van der Waals surface area (Å²) in [6.45, 7) is 0.988. The molecule has 1 aliphatic rings. The van der Waals surface area contributed by atoms with Crippen LogP contribution in [0.3, 0.4) is 0 Å². The Hall–Kier alpha value is -4.44. The molecule has 0 aliphatic carbocycles. The van der Waals surface area contributed by atoms with Crippen LogP contribution < -0.4 is 24.0 Å². The van der Waals surface area contributed by atoms with E-state index in [1.165, 1.54) is 26.4 Å². The number of hydrogen-bond donors (Lipinski definition) is 1. The number of carbonyl (C=O) groups excluding carboxylic acids is 1. The molecule has 0 radical (unpaired) electrons. The summed E-state index contributed by atoms with van der Waals surface area (Å²) in [7, 11) is 6.56. The van der Waals surface area contributed by atoms with Crippen LogP contribution in [0.4, 0.5) is 17.1 Å². The van der Waals surface area contributed by atoms with Gasteiger partial charge in [0, 0.05) is 60.8 Å². The quantitative estimate of drug-likeness (QED) is 0.157. The second-order valence-electron chi connectivity index (χ2n) is 9.58. The van der Waals surface area contributed by atoms with Crippen molar-refractivity contribution in [1.29, 1.82) is 0 Å². The van der Waals surface area contributed by atoms with Crippen LogP contribution in [-0.4, -0.2) is 56.6 Å². The molecule has 0 fully saturated rings. The summed E-state index contributed by atoms with van der Waals surface area (Å²) in [6.07, 6.45) is 0. The first kappa shape index (κ1) is 27.1. The molecule has 1 unspecified atom stereocenters. The Morgan fingerprint density at radius 3 is 2.42 bits per heavy atom. The molecule has 1 aliphatic heterocycles. The van der Waals surface area contributed by atoms with Gasteiger partial charge in [0.25, 0.3) is 11.6 Å². The highest BCUT2D eigenvalue weighted by atomic mass is 35.5. The van der Waals surface area contributed by atoms with Gasteiger partial charge < -0.3 is 29.0 Å². The van der Waals surface area contributed by atoms with Gasteiger partial charge in [-0.05, 0) is 35.4 Å². The number of fused-ring (bicyclic) bond motifs is 2. The summed E-state index contributed by atoms with van der Waals surface area (Å²) in [5.41, 5.74) is 4.72. The number of nitrogens with one attached hydrogen (secondary N) is 1. The van der Waals surface area contributed by atoms with Gasteiger partial charge in [-0.25, -0.2) is 0 Å². The van der Waals surface area contributed by atoms with E-state index in [-0.39, 0.29) is 17.5 Å². The molecule has 1 N–H and O–H groups in total. The number of aromatic amines is 1. The standard InChI is InChI=1S/C29H29ClN4O6/c1-32(15-17-5-7-20(8-6-17)34(36)37)21-9-10-22-19(14-30)16-33(24(22)13-21)29(35)23-11-18-12-25(38-2)27(39-3)28(40-4)26(18)31-23/h5-13,19,31H,14-16H2,1-4H3. The second-order valence-corrected chi connectivity index (χ2v) is 9.89. The molecule has 0 saturated heterocycles. The van der Waals surface area contributed by atoms with Gasteiger partial charge in [0.2, 0.25) is 5.75 Å². The van der Waals surface area contributed by atoms with Crippen LogP contribution in [0.15, 0.2) is 54.6 Å². The van der Waals surface area contributed by atoms with Gasteiger partial charge in [0.15, 0.2) is 11.5 Å². The summed E-state index contributed by atoms with van der Waals surface area (Å²) < 4.78 is 16.5. The predicted octanol–water partition coefficient (Wildman–Crippen LogP) is 5.72. The van der Waals surface area contributed by atoms with E-state index < -0.39 is 4.92 Å². The van der Waals surface area contributed by atoms with E-state index in [9.17, 15) is 14.9 Å². The number of amides is 1. The third-order valence-corrected chi connectivity index (χ3v) is 7.61. The zero-order chi connectivity index (χ0) is 28.6. The molecular formula is C29H29ClN4O6. The average Bonchev–Trinajstić information content (AvgIpc) is 3.57. The number of alkyl halides is 1. The number of methoxy groups -OCH3 is 3. The van der Waals surface area contributed by atoms with Gasteiger partial charge >= 0.3 is 0 Å². The molecule has 0 bridgehead atoms. The van der Waals surface area contributed by atoms with E-state index in [1.807, 2.05) is 30.1 Å². The lowest BCUT2D eigenvalue weighted by Crippen LogP contribution is -2.30. The minimum atomic E-state index is -0.414. The van der Waals surface area contributed by atoms with Crippen molar-refractivity contribution in [2.75, 3.05) is 50.6 Å². The summed E-state index contributed by atoms with van der Waals surface area (Å²) in [5.74, 6) is 1.57. The number of rotatable bonds is 9. The molecule has 2 heterocycles. The van der Waals surface area contributed by atoms with E-state index in [4.69, 9.17) is 25.8 Å². The zero-order valence-electron chi connectivity index (χ0n) is 22.6. The number of H-pyrrole nitrogens is 1. The number of hydrogen-bond acceptors (Lipinski definition) is 7. The van der Waals surface area contributed by atoms with Gasteiger partial charge in [-0.1, -0.05) is 18.2 Å². The maximum absolute atomic E-state index is 13.9. The normalized spacial score (nSPS) is 14.2. The molecule has 0 saturated carbocycles. The molecule has 3 aromatic carbocycles. The van der Waals surface area contributed by atoms with Crippen molar-refractivity contribution in [3.8, 4) is 17.2 Å². The lowest BCUT2D eigenvalue weighted by Gasteiger charge is -2.22. The lowest BCUT2D eigenvalue weighted by molar-refractivity contribution is -0.384. The third-order valence-electron chi connectivity index (χ3n) is 7.24. The van der Waals surface area contributed by atoms with E-state index in [0.29, 0.717) is 47.4 Å². The molecular weight excluding hydrogens is 536 g/mol. The maximum Gasteiger partial charge on any atom is 0.274 e. The number of nitrogens with zero attached hydrogens (tertiary/aromatic N) is 3. The maximum atomic E-state index is 13.9. The topological polar surface area (TPSA) is 110 Å². The van der Waals surface area contributed by atoms with Crippen LogP contribution in [0, 0.1) is 10.1 Å². The molecule has 0 spiro atoms. The van der Waals surface area contributed by atoms with Crippen molar-refractivity contribution in [1.82, 2.24) is 4.98 Å². The van der Waals surface area contributed by atoms with Crippen molar-refractivity contribution < 1.29 is 23.9 Å². The second kappa shape index (κ2) is 11.0. The molecule has 40 heavy (non-hydrogen) atoms. The van der Waals surface area contributed by atoms with Gasteiger partial charge in [0.05, 0.1) is 31.8 Å².